The van der Waals surface area contributed by atoms with Gasteiger partial charge in [-0.15, -0.1) is 0 Å². The summed E-state index contributed by atoms with van der Waals surface area (Å²) in [5.41, 5.74) is 2.69. The molecule has 1 saturated heterocycles. The third-order valence-electron chi connectivity index (χ3n) is 4.39. The Morgan fingerprint density at radius 3 is 3.10 bits per heavy atom. The van der Waals surface area contributed by atoms with Gasteiger partial charge in [-0.25, -0.2) is 0 Å². The number of nitrogens with zero attached hydrogens (tertiary/aromatic N) is 1. The van der Waals surface area contributed by atoms with Crippen molar-refractivity contribution in [3.8, 4) is 5.75 Å². The summed E-state index contributed by atoms with van der Waals surface area (Å²) in [7, 11) is 0. The molecule has 4 heteroatoms. The molecule has 2 aliphatic heterocycles. The fourth-order valence-corrected chi connectivity index (χ4v) is 3.88. The predicted octanol–water partition coefficient (Wildman–Crippen LogP) is 2.96. The van der Waals surface area contributed by atoms with E-state index in [1.165, 1.54) is 35.0 Å². The molecular formula is C16H23BrN2O. The Morgan fingerprint density at radius 1 is 1.45 bits per heavy atom. The first-order chi connectivity index (χ1) is 9.78. The highest BCUT2D eigenvalue weighted by atomic mass is 79.9. The van der Waals surface area contributed by atoms with Gasteiger partial charge in [-0.2, -0.15) is 0 Å². The molecule has 2 aliphatic rings. The van der Waals surface area contributed by atoms with E-state index >= 15 is 0 Å². The van der Waals surface area contributed by atoms with E-state index in [4.69, 9.17) is 4.74 Å². The summed E-state index contributed by atoms with van der Waals surface area (Å²) >= 11 is 3.64. The average molecular weight is 339 g/mol. The van der Waals surface area contributed by atoms with Crippen LogP contribution < -0.4 is 10.1 Å². The van der Waals surface area contributed by atoms with Gasteiger partial charge in [0.15, 0.2) is 0 Å². The van der Waals surface area contributed by atoms with Crippen LogP contribution in [0.3, 0.4) is 0 Å². The Balaban J connectivity index is 1.78. The molecule has 1 fully saturated rings. The van der Waals surface area contributed by atoms with Crippen molar-refractivity contribution in [1.82, 2.24) is 10.2 Å². The smallest absolute Gasteiger partial charge is 0.127 e. The molecule has 110 valence electrons. The van der Waals surface area contributed by atoms with Crippen LogP contribution in [0, 0.1) is 0 Å². The molecule has 1 atom stereocenters. The molecule has 0 aromatic heterocycles. The minimum absolute atomic E-state index is 0.657. The Labute approximate surface area is 129 Å². The van der Waals surface area contributed by atoms with Gasteiger partial charge in [-0.3, -0.25) is 4.90 Å². The van der Waals surface area contributed by atoms with E-state index in [0.29, 0.717) is 6.04 Å². The van der Waals surface area contributed by atoms with Gasteiger partial charge in [0.05, 0.1) is 6.61 Å². The van der Waals surface area contributed by atoms with Crippen molar-refractivity contribution in [3.05, 3.63) is 27.7 Å². The molecule has 0 aliphatic carbocycles. The number of hydrogen-bond donors (Lipinski definition) is 1. The number of ether oxygens (including phenoxy) is 1. The summed E-state index contributed by atoms with van der Waals surface area (Å²) in [6, 6.07) is 5.08. The molecule has 0 amide bonds. The van der Waals surface area contributed by atoms with E-state index in [9.17, 15) is 0 Å². The third kappa shape index (κ3) is 3.02. The van der Waals surface area contributed by atoms with Crippen LogP contribution in [-0.4, -0.2) is 37.2 Å². The number of likely N-dealkylation sites (N-methyl/N-ethyl adjacent to an activating group) is 1. The molecule has 1 unspecified atom stereocenters. The highest BCUT2D eigenvalue weighted by Crippen LogP contribution is 2.34. The lowest BCUT2D eigenvalue weighted by atomic mass is 10.0. The Bertz CT molecular complexity index is 472. The zero-order chi connectivity index (χ0) is 13.9. The second-order valence-electron chi connectivity index (χ2n) is 5.71. The molecule has 0 saturated carbocycles. The lowest BCUT2D eigenvalue weighted by molar-refractivity contribution is 0.164. The van der Waals surface area contributed by atoms with Gasteiger partial charge in [0.25, 0.3) is 0 Å². The summed E-state index contributed by atoms with van der Waals surface area (Å²) in [5.74, 6) is 1.13. The van der Waals surface area contributed by atoms with Crippen LogP contribution in [-0.2, 0) is 13.0 Å². The van der Waals surface area contributed by atoms with Crippen molar-refractivity contribution in [2.45, 2.75) is 38.8 Å². The van der Waals surface area contributed by atoms with Gasteiger partial charge in [-0.05, 0) is 43.6 Å². The molecular weight excluding hydrogens is 316 g/mol. The predicted molar refractivity (Wildman–Crippen MR) is 85.3 cm³/mol. The summed E-state index contributed by atoms with van der Waals surface area (Å²) in [6.07, 6.45) is 3.63. The Kier molecular flexibility index (Phi) is 4.64. The van der Waals surface area contributed by atoms with Gasteiger partial charge in [-0.1, -0.05) is 22.9 Å². The zero-order valence-electron chi connectivity index (χ0n) is 12.1. The van der Waals surface area contributed by atoms with Gasteiger partial charge < -0.3 is 10.1 Å². The van der Waals surface area contributed by atoms with E-state index in [2.05, 4.69) is 45.2 Å². The van der Waals surface area contributed by atoms with Crippen molar-refractivity contribution in [1.29, 1.82) is 0 Å². The summed E-state index contributed by atoms with van der Waals surface area (Å²) in [4.78, 5) is 2.58. The highest BCUT2D eigenvalue weighted by Gasteiger charge is 2.23. The minimum Gasteiger partial charge on any atom is -0.493 e. The topological polar surface area (TPSA) is 24.5 Å². The fraction of sp³-hybridized carbons (Fsp3) is 0.625. The van der Waals surface area contributed by atoms with Crippen molar-refractivity contribution in [2.75, 3.05) is 26.2 Å². The number of hydrogen-bond acceptors (Lipinski definition) is 3. The number of piperidine rings is 1. The van der Waals surface area contributed by atoms with Crippen molar-refractivity contribution in [2.24, 2.45) is 0 Å². The van der Waals surface area contributed by atoms with Crippen molar-refractivity contribution in [3.63, 3.8) is 0 Å². The minimum atomic E-state index is 0.657. The quantitative estimate of drug-likeness (QED) is 0.913. The van der Waals surface area contributed by atoms with E-state index in [1.54, 1.807) is 0 Å². The fourth-order valence-electron chi connectivity index (χ4n) is 3.33. The average Bonchev–Trinajstić information content (AvgIpc) is 2.93. The largest absolute Gasteiger partial charge is 0.493 e. The first-order valence-electron chi connectivity index (χ1n) is 7.66. The van der Waals surface area contributed by atoms with Crippen LogP contribution in [0.25, 0.3) is 0 Å². The lowest BCUT2D eigenvalue weighted by Crippen LogP contribution is -2.45. The number of halogens is 1. The number of benzene rings is 1. The molecule has 0 bridgehead atoms. The highest BCUT2D eigenvalue weighted by molar-refractivity contribution is 9.10. The monoisotopic (exact) mass is 338 g/mol. The number of rotatable bonds is 4. The second-order valence-corrected chi connectivity index (χ2v) is 6.63. The Hall–Kier alpha value is -0.580. The van der Waals surface area contributed by atoms with Crippen molar-refractivity contribution < 1.29 is 4.74 Å². The maximum absolute atomic E-state index is 5.85. The van der Waals surface area contributed by atoms with Gasteiger partial charge in [0.1, 0.15) is 5.75 Å². The third-order valence-corrected chi connectivity index (χ3v) is 4.85. The normalized spacial score (nSPS) is 21.9. The maximum Gasteiger partial charge on any atom is 0.127 e. The molecule has 0 radical (unpaired) electrons. The summed E-state index contributed by atoms with van der Waals surface area (Å²) < 4.78 is 7.03. The van der Waals surface area contributed by atoms with Gasteiger partial charge in [0.2, 0.25) is 0 Å². The maximum atomic E-state index is 5.85. The van der Waals surface area contributed by atoms with Crippen LogP contribution in [0.1, 0.15) is 30.9 Å². The van der Waals surface area contributed by atoms with E-state index in [1.807, 2.05) is 0 Å². The van der Waals surface area contributed by atoms with E-state index in [-0.39, 0.29) is 0 Å². The SMILES string of the molecule is CCN(Cc1cc(Br)cc2c1OCC2)C1CCCNC1. The van der Waals surface area contributed by atoms with Crippen LogP contribution in [0.15, 0.2) is 16.6 Å². The van der Waals surface area contributed by atoms with E-state index in [0.717, 1.165) is 38.4 Å². The lowest BCUT2D eigenvalue weighted by Gasteiger charge is -2.34. The molecule has 20 heavy (non-hydrogen) atoms. The Morgan fingerprint density at radius 2 is 2.35 bits per heavy atom. The molecule has 3 nitrogen and oxygen atoms in total. The summed E-state index contributed by atoms with van der Waals surface area (Å²) in [5, 5.41) is 3.52. The molecule has 1 aromatic carbocycles. The molecule has 2 heterocycles. The molecule has 3 rings (SSSR count). The van der Waals surface area contributed by atoms with E-state index < -0.39 is 0 Å². The zero-order valence-corrected chi connectivity index (χ0v) is 13.7. The standard InChI is InChI=1S/C16H23BrN2O/c1-2-19(15-4-3-6-18-10-15)11-13-9-14(17)8-12-5-7-20-16(12)13/h8-9,15,18H,2-7,10-11H2,1H3. The van der Waals surface area contributed by atoms with Crippen LogP contribution in [0.4, 0.5) is 0 Å². The first kappa shape index (κ1) is 14.4. The van der Waals surface area contributed by atoms with Crippen molar-refractivity contribution >= 4 is 15.9 Å². The van der Waals surface area contributed by atoms with Crippen LogP contribution >= 0.6 is 15.9 Å². The molecule has 1 aromatic rings. The first-order valence-corrected chi connectivity index (χ1v) is 8.46. The number of nitrogens with one attached hydrogen (secondary N) is 1. The van der Waals surface area contributed by atoms with Crippen LogP contribution in [0.2, 0.25) is 0 Å². The molecule has 1 N–H and O–H groups in total. The van der Waals surface area contributed by atoms with Gasteiger partial charge in [0, 0.05) is 35.6 Å². The summed E-state index contributed by atoms with van der Waals surface area (Å²) in [6.45, 7) is 7.45. The van der Waals surface area contributed by atoms with Crippen LogP contribution in [0.5, 0.6) is 5.75 Å². The second kappa shape index (κ2) is 6.46. The molecule has 0 spiro atoms. The number of fused-ring (bicyclic) bond motifs is 1. The van der Waals surface area contributed by atoms with Gasteiger partial charge >= 0.3 is 0 Å².